The lowest BCUT2D eigenvalue weighted by Crippen LogP contribution is -2.47. The third-order valence-electron chi connectivity index (χ3n) is 4.07. The van der Waals surface area contributed by atoms with E-state index in [4.69, 9.17) is 0 Å². The zero-order valence-corrected chi connectivity index (χ0v) is 12.5. The molecule has 20 heavy (non-hydrogen) atoms. The number of rotatable bonds is 5. The average molecular weight is 275 g/mol. The first-order valence-corrected chi connectivity index (χ1v) is 7.75. The molecule has 0 unspecified atom stereocenters. The molecule has 5 heteroatoms. The van der Waals surface area contributed by atoms with Crippen molar-refractivity contribution in [1.29, 1.82) is 0 Å². The van der Waals surface area contributed by atoms with Crippen molar-refractivity contribution >= 4 is 5.95 Å². The Morgan fingerprint density at radius 2 is 1.80 bits per heavy atom. The standard InChI is InChI=1S/C15H25N5/c1-12(2)16-9-13-10-17-15(18-11-13)20-7-5-19(6-8-20)14-3-4-14/h10-12,14,16H,3-9H2,1-2H3. The van der Waals surface area contributed by atoms with Crippen LogP contribution in [0.2, 0.25) is 0 Å². The van der Waals surface area contributed by atoms with Gasteiger partial charge in [-0.05, 0) is 12.8 Å². The van der Waals surface area contributed by atoms with Crippen molar-refractivity contribution in [2.75, 3.05) is 31.1 Å². The van der Waals surface area contributed by atoms with Gasteiger partial charge in [-0.1, -0.05) is 13.8 Å². The van der Waals surface area contributed by atoms with E-state index < -0.39 is 0 Å². The third-order valence-corrected chi connectivity index (χ3v) is 4.07. The fourth-order valence-corrected chi connectivity index (χ4v) is 2.65. The van der Waals surface area contributed by atoms with Crippen molar-refractivity contribution in [1.82, 2.24) is 20.2 Å². The number of piperazine rings is 1. The van der Waals surface area contributed by atoms with Crippen molar-refractivity contribution in [2.45, 2.75) is 45.3 Å². The van der Waals surface area contributed by atoms with Crippen molar-refractivity contribution in [3.8, 4) is 0 Å². The van der Waals surface area contributed by atoms with E-state index in [1.165, 1.54) is 12.8 Å². The number of hydrogen-bond acceptors (Lipinski definition) is 5. The van der Waals surface area contributed by atoms with Crippen LogP contribution in [0, 0.1) is 0 Å². The molecule has 0 atom stereocenters. The van der Waals surface area contributed by atoms with Gasteiger partial charge in [-0.15, -0.1) is 0 Å². The van der Waals surface area contributed by atoms with Gasteiger partial charge in [0.1, 0.15) is 0 Å². The van der Waals surface area contributed by atoms with Crippen LogP contribution in [0.1, 0.15) is 32.3 Å². The summed E-state index contributed by atoms with van der Waals surface area (Å²) in [6, 6.07) is 1.37. The van der Waals surface area contributed by atoms with Crippen LogP contribution >= 0.6 is 0 Å². The van der Waals surface area contributed by atoms with Crippen LogP contribution in [0.5, 0.6) is 0 Å². The monoisotopic (exact) mass is 275 g/mol. The zero-order valence-electron chi connectivity index (χ0n) is 12.5. The molecule has 0 aromatic carbocycles. The predicted molar refractivity (Wildman–Crippen MR) is 80.8 cm³/mol. The number of nitrogens with zero attached hydrogens (tertiary/aromatic N) is 4. The lowest BCUT2D eigenvalue weighted by molar-refractivity contribution is 0.247. The van der Waals surface area contributed by atoms with Gasteiger partial charge in [0.05, 0.1) is 0 Å². The van der Waals surface area contributed by atoms with Crippen molar-refractivity contribution in [3.05, 3.63) is 18.0 Å². The fourth-order valence-electron chi connectivity index (χ4n) is 2.65. The lowest BCUT2D eigenvalue weighted by Gasteiger charge is -2.34. The summed E-state index contributed by atoms with van der Waals surface area (Å²) in [6.07, 6.45) is 6.69. The van der Waals surface area contributed by atoms with Gasteiger partial charge in [-0.2, -0.15) is 0 Å². The SMILES string of the molecule is CC(C)NCc1cnc(N2CCN(C3CC3)CC2)nc1. The molecule has 1 aliphatic heterocycles. The second kappa shape index (κ2) is 6.06. The van der Waals surface area contributed by atoms with Gasteiger partial charge >= 0.3 is 0 Å². The molecule has 0 radical (unpaired) electrons. The van der Waals surface area contributed by atoms with E-state index in [0.717, 1.165) is 50.3 Å². The smallest absolute Gasteiger partial charge is 0.225 e. The Labute approximate surface area is 121 Å². The largest absolute Gasteiger partial charge is 0.338 e. The Kier molecular flexibility index (Phi) is 4.17. The van der Waals surface area contributed by atoms with E-state index in [1.807, 2.05) is 12.4 Å². The highest BCUT2D eigenvalue weighted by Gasteiger charge is 2.31. The molecule has 5 nitrogen and oxygen atoms in total. The average Bonchev–Trinajstić information content (AvgIpc) is 3.31. The van der Waals surface area contributed by atoms with E-state index >= 15 is 0 Å². The summed E-state index contributed by atoms with van der Waals surface area (Å²) in [7, 11) is 0. The minimum Gasteiger partial charge on any atom is -0.338 e. The molecule has 0 amide bonds. The van der Waals surface area contributed by atoms with Gasteiger partial charge in [0.2, 0.25) is 5.95 Å². The molecular formula is C15H25N5. The first-order valence-electron chi connectivity index (χ1n) is 7.75. The lowest BCUT2D eigenvalue weighted by atomic mass is 10.3. The van der Waals surface area contributed by atoms with Crippen LogP contribution in [0.15, 0.2) is 12.4 Å². The van der Waals surface area contributed by atoms with Gasteiger partial charge < -0.3 is 10.2 Å². The maximum Gasteiger partial charge on any atom is 0.225 e. The van der Waals surface area contributed by atoms with Crippen molar-refractivity contribution < 1.29 is 0 Å². The van der Waals surface area contributed by atoms with E-state index in [9.17, 15) is 0 Å². The summed E-state index contributed by atoms with van der Waals surface area (Å²) < 4.78 is 0. The van der Waals surface area contributed by atoms with Crippen molar-refractivity contribution in [2.24, 2.45) is 0 Å². The van der Waals surface area contributed by atoms with Gasteiger partial charge in [0, 0.05) is 62.8 Å². The highest BCUT2D eigenvalue weighted by atomic mass is 15.3. The van der Waals surface area contributed by atoms with Crippen LogP contribution < -0.4 is 10.2 Å². The van der Waals surface area contributed by atoms with Crippen LogP contribution in [-0.2, 0) is 6.54 Å². The molecule has 1 saturated carbocycles. The van der Waals surface area contributed by atoms with Gasteiger partial charge in [-0.25, -0.2) is 9.97 Å². The van der Waals surface area contributed by atoms with E-state index in [0.29, 0.717) is 6.04 Å². The summed E-state index contributed by atoms with van der Waals surface area (Å²) in [5.41, 5.74) is 1.15. The zero-order chi connectivity index (χ0) is 13.9. The first kappa shape index (κ1) is 13.8. The number of aromatic nitrogens is 2. The summed E-state index contributed by atoms with van der Waals surface area (Å²) in [5, 5.41) is 3.39. The third kappa shape index (κ3) is 3.46. The second-order valence-corrected chi connectivity index (χ2v) is 6.18. The Balaban J connectivity index is 1.52. The number of nitrogens with one attached hydrogen (secondary N) is 1. The second-order valence-electron chi connectivity index (χ2n) is 6.18. The van der Waals surface area contributed by atoms with E-state index in [2.05, 4.69) is 38.9 Å². The van der Waals surface area contributed by atoms with Crippen LogP contribution in [-0.4, -0.2) is 53.1 Å². The molecule has 1 aliphatic carbocycles. The highest BCUT2D eigenvalue weighted by molar-refractivity contribution is 5.30. The molecule has 0 bridgehead atoms. The maximum atomic E-state index is 4.52. The minimum atomic E-state index is 0.491. The normalized spacial score (nSPS) is 20.6. The molecule has 1 saturated heterocycles. The molecular weight excluding hydrogens is 250 g/mol. The van der Waals surface area contributed by atoms with Crippen LogP contribution in [0.25, 0.3) is 0 Å². The molecule has 1 aromatic rings. The fraction of sp³-hybridized carbons (Fsp3) is 0.733. The van der Waals surface area contributed by atoms with E-state index in [1.54, 1.807) is 0 Å². The van der Waals surface area contributed by atoms with Gasteiger partial charge in [0.15, 0.2) is 0 Å². The van der Waals surface area contributed by atoms with E-state index in [-0.39, 0.29) is 0 Å². The van der Waals surface area contributed by atoms with Gasteiger partial charge in [-0.3, -0.25) is 4.90 Å². The topological polar surface area (TPSA) is 44.3 Å². The quantitative estimate of drug-likeness (QED) is 0.876. The van der Waals surface area contributed by atoms with Crippen LogP contribution in [0.3, 0.4) is 0 Å². The predicted octanol–water partition coefficient (Wildman–Crippen LogP) is 1.26. The Bertz CT molecular complexity index is 418. The first-order chi connectivity index (χ1) is 9.72. The summed E-state index contributed by atoms with van der Waals surface area (Å²) >= 11 is 0. The molecule has 110 valence electrons. The number of anilines is 1. The highest BCUT2D eigenvalue weighted by Crippen LogP contribution is 2.27. The molecule has 2 aliphatic rings. The summed E-state index contributed by atoms with van der Waals surface area (Å²) in [5.74, 6) is 0.883. The van der Waals surface area contributed by atoms with Gasteiger partial charge in [0.25, 0.3) is 0 Å². The molecule has 0 spiro atoms. The maximum absolute atomic E-state index is 4.52. The Morgan fingerprint density at radius 1 is 1.15 bits per heavy atom. The summed E-state index contributed by atoms with van der Waals surface area (Å²) in [6.45, 7) is 9.56. The Hall–Kier alpha value is -1.20. The minimum absolute atomic E-state index is 0.491. The Morgan fingerprint density at radius 3 is 2.35 bits per heavy atom. The summed E-state index contributed by atoms with van der Waals surface area (Å²) in [4.78, 5) is 14.0. The van der Waals surface area contributed by atoms with Crippen LogP contribution in [0.4, 0.5) is 5.95 Å². The molecule has 1 aromatic heterocycles. The molecule has 2 fully saturated rings. The molecule has 3 rings (SSSR count). The van der Waals surface area contributed by atoms with Crippen molar-refractivity contribution in [3.63, 3.8) is 0 Å². The molecule has 2 heterocycles. The number of hydrogen-bond donors (Lipinski definition) is 1. The molecule has 1 N–H and O–H groups in total.